The van der Waals surface area contributed by atoms with E-state index in [1.54, 1.807) is 6.07 Å². The molecule has 0 fully saturated rings. The summed E-state index contributed by atoms with van der Waals surface area (Å²) in [6, 6.07) is 17.2. The first-order valence-corrected chi connectivity index (χ1v) is 8.69. The maximum atomic E-state index is 12.4. The number of hydrogen-bond donors (Lipinski definition) is 2. The lowest BCUT2D eigenvalue weighted by atomic mass is 9.97. The summed E-state index contributed by atoms with van der Waals surface area (Å²) < 4.78 is 5.56. The van der Waals surface area contributed by atoms with Gasteiger partial charge >= 0.3 is 0 Å². The molecule has 1 aromatic heterocycles. The highest BCUT2D eigenvalue weighted by Crippen LogP contribution is 2.26. The lowest BCUT2D eigenvalue weighted by molar-refractivity contribution is 0.0953. The van der Waals surface area contributed by atoms with E-state index in [-0.39, 0.29) is 16.8 Å². The number of nitrogens with one attached hydrogen (secondary N) is 2. The van der Waals surface area contributed by atoms with Crippen LogP contribution in [-0.4, -0.2) is 11.0 Å². The van der Waals surface area contributed by atoms with Crippen molar-refractivity contribution < 1.29 is 9.21 Å². The number of amides is 1. The summed E-state index contributed by atoms with van der Waals surface area (Å²) in [6.07, 6.45) is 1.02. The number of carbonyl (C=O) groups is 1. The Labute approximate surface area is 152 Å². The Morgan fingerprint density at radius 3 is 2.64 bits per heavy atom. The molecule has 0 spiro atoms. The van der Waals surface area contributed by atoms with Crippen molar-refractivity contribution in [2.45, 2.75) is 26.2 Å². The first-order valence-electron chi connectivity index (χ1n) is 8.28. The summed E-state index contributed by atoms with van der Waals surface area (Å²) in [4.78, 5) is 12.4. The van der Waals surface area contributed by atoms with Gasteiger partial charge in [0.05, 0.1) is 0 Å². The minimum Gasteiger partial charge on any atom is -0.451 e. The quantitative estimate of drug-likeness (QED) is 0.644. The standard InChI is InChI=1S/C20H20N2O2S/c1-3-13(2)15-9-5-6-10-16(15)21-20(25)22-19(23)18-12-14-8-4-7-11-17(14)24-18/h4-13H,3H2,1-2H3,(H2,21,22,23,25)/t13-/m1/s1. The Bertz CT molecular complexity index is 884. The van der Waals surface area contributed by atoms with Crippen LogP contribution in [0.4, 0.5) is 5.69 Å². The number of rotatable bonds is 4. The fourth-order valence-electron chi connectivity index (χ4n) is 2.67. The van der Waals surface area contributed by atoms with Crippen molar-refractivity contribution >= 4 is 39.9 Å². The molecule has 2 aromatic carbocycles. The SMILES string of the molecule is CC[C@@H](C)c1ccccc1NC(=S)NC(=O)c1cc2ccccc2o1. The molecule has 3 rings (SSSR count). The van der Waals surface area contributed by atoms with Crippen molar-refractivity contribution in [3.05, 3.63) is 65.9 Å². The number of fused-ring (bicyclic) bond motifs is 1. The average Bonchev–Trinajstić information content (AvgIpc) is 3.06. The van der Waals surface area contributed by atoms with Crippen LogP contribution < -0.4 is 10.6 Å². The van der Waals surface area contributed by atoms with Crippen molar-refractivity contribution in [1.82, 2.24) is 5.32 Å². The molecule has 0 unspecified atom stereocenters. The molecule has 0 aliphatic heterocycles. The lowest BCUT2D eigenvalue weighted by Gasteiger charge is -2.16. The van der Waals surface area contributed by atoms with Crippen molar-refractivity contribution in [3.63, 3.8) is 0 Å². The first-order chi connectivity index (χ1) is 12.1. The molecule has 1 atom stereocenters. The summed E-state index contributed by atoms with van der Waals surface area (Å²) in [5.41, 5.74) is 2.76. The predicted octanol–water partition coefficient (Wildman–Crippen LogP) is 5.07. The third-order valence-electron chi connectivity index (χ3n) is 4.23. The average molecular weight is 352 g/mol. The second-order valence-corrected chi connectivity index (χ2v) is 6.36. The second-order valence-electron chi connectivity index (χ2n) is 5.95. The molecule has 0 bridgehead atoms. The smallest absolute Gasteiger partial charge is 0.293 e. The summed E-state index contributed by atoms with van der Waals surface area (Å²) >= 11 is 5.29. The lowest BCUT2D eigenvalue weighted by Crippen LogP contribution is -2.34. The molecule has 128 valence electrons. The van der Waals surface area contributed by atoms with Crippen LogP contribution in [0.15, 0.2) is 59.0 Å². The molecule has 1 amide bonds. The van der Waals surface area contributed by atoms with Crippen LogP contribution in [0.25, 0.3) is 11.0 Å². The molecular formula is C20H20N2O2S. The van der Waals surface area contributed by atoms with Crippen molar-refractivity contribution in [3.8, 4) is 0 Å². The summed E-state index contributed by atoms with van der Waals surface area (Å²) in [5.74, 6) is 0.271. The minimum atomic E-state index is -0.366. The fourth-order valence-corrected chi connectivity index (χ4v) is 2.88. The van der Waals surface area contributed by atoms with E-state index in [4.69, 9.17) is 16.6 Å². The Kier molecular flexibility index (Phi) is 5.14. The van der Waals surface area contributed by atoms with Gasteiger partial charge in [-0.2, -0.15) is 0 Å². The third kappa shape index (κ3) is 3.88. The van der Waals surface area contributed by atoms with E-state index in [1.807, 2.05) is 42.5 Å². The number of carbonyl (C=O) groups excluding carboxylic acids is 1. The topological polar surface area (TPSA) is 54.3 Å². The van der Waals surface area contributed by atoms with Crippen molar-refractivity contribution in [2.24, 2.45) is 0 Å². The van der Waals surface area contributed by atoms with Crippen LogP contribution in [0.5, 0.6) is 0 Å². The number of benzene rings is 2. The zero-order valence-electron chi connectivity index (χ0n) is 14.2. The van der Waals surface area contributed by atoms with Gasteiger partial charge in [0.2, 0.25) is 0 Å². The molecule has 4 nitrogen and oxygen atoms in total. The first kappa shape index (κ1) is 17.2. The zero-order valence-corrected chi connectivity index (χ0v) is 15.0. The van der Waals surface area contributed by atoms with Gasteiger partial charge in [-0.1, -0.05) is 50.2 Å². The van der Waals surface area contributed by atoms with E-state index in [9.17, 15) is 4.79 Å². The van der Waals surface area contributed by atoms with Gasteiger partial charge in [-0.25, -0.2) is 0 Å². The summed E-state index contributed by atoms with van der Waals surface area (Å²) in [7, 11) is 0. The molecule has 3 aromatic rings. The van der Waals surface area contributed by atoms with Gasteiger partial charge in [0.25, 0.3) is 5.91 Å². The molecule has 0 radical (unpaired) electrons. The van der Waals surface area contributed by atoms with Crippen LogP contribution >= 0.6 is 12.2 Å². The van der Waals surface area contributed by atoms with Crippen LogP contribution in [0.3, 0.4) is 0 Å². The predicted molar refractivity (Wildman–Crippen MR) is 105 cm³/mol. The molecule has 0 aliphatic rings. The highest BCUT2D eigenvalue weighted by Gasteiger charge is 2.15. The third-order valence-corrected chi connectivity index (χ3v) is 4.43. The van der Waals surface area contributed by atoms with Gasteiger partial charge in [-0.05, 0) is 48.3 Å². The van der Waals surface area contributed by atoms with Crippen LogP contribution in [0.2, 0.25) is 0 Å². The number of anilines is 1. The minimum absolute atomic E-state index is 0.237. The van der Waals surface area contributed by atoms with E-state index in [0.29, 0.717) is 11.5 Å². The maximum Gasteiger partial charge on any atom is 0.293 e. The van der Waals surface area contributed by atoms with Gasteiger partial charge in [-0.15, -0.1) is 0 Å². The van der Waals surface area contributed by atoms with Gasteiger partial charge in [0, 0.05) is 11.1 Å². The van der Waals surface area contributed by atoms with E-state index >= 15 is 0 Å². The van der Waals surface area contributed by atoms with Gasteiger partial charge in [0.1, 0.15) is 5.58 Å². The molecule has 0 aliphatic carbocycles. The Morgan fingerprint density at radius 2 is 1.88 bits per heavy atom. The van der Waals surface area contributed by atoms with Crippen LogP contribution in [0, 0.1) is 0 Å². The molecule has 0 saturated heterocycles. The monoisotopic (exact) mass is 352 g/mol. The van der Waals surface area contributed by atoms with E-state index < -0.39 is 0 Å². The Morgan fingerprint density at radius 1 is 1.16 bits per heavy atom. The second kappa shape index (κ2) is 7.49. The highest BCUT2D eigenvalue weighted by molar-refractivity contribution is 7.80. The van der Waals surface area contributed by atoms with Crippen molar-refractivity contribution in [1.29, 1.82) is 0 Å². The van der Waals surface area contributed by atoms with Crippen LogP contribution in [0.1, 0.15) is 42.3 Å². The van der Waals surface area contributed by atoms with E-state index in [0.717, 1.165) is 17.5 Å². The largest absolute Gasteiger partial charge is 0.451 e. The molecule has 5 heteroatoms. The highest BCUT2D eigenvalue weighted by atomic mass is 32.1. The normalized spacial score (nSPS) is 11.9. The molecule has 2 N–H and O–H groups in total. The fraction of sp³-hybridized carbons (Fsp3) is 0.200. The van der Waals surface area contributed by atoms with Crippen molar-refractivity contribution in [2.75, 3.05) is 5.32 Å². The van der Waals surface area contributed by atoms with E-state index in [2.05, 4.69) is 30.5 Å². The number of thiocarbonyl (C=S) groups is 1. The molecule has 0 saturated carbocycles. The Balaban J connectivity index is 1.71. The molecule has 25 heavy (non-hydrogen) atoms. The summed E-state index contributed by atoms with van der Waals surface area (Å²) in [5, 5.41) is 6.93. The van der Waals surface area contributed by atoms with Gasteiger partial charge < -0.3 is 9.73 Å². The maximum absolute atomic E-state index is 12.4. The summed E-state index contributed by atoms with van der Waals surface area (Å²) in [6.45, 7) is 4.31. The zero-order chi connectivity index (χ0) is 17.8. The molecular weight excluding hydrogens is 332 g/mol. The van der Waals surface area contributed by atoms with Gasteiger partial charge in [0.15, 0.2) is 10.9 Å². The van der Waals surface area contributed by atoms with E-state index in [1.165, 1.54) is 5.56 Å². The number of para-hydroxylation sites is 2. The van der Waals surface area contributed by atoms with Gasteiger partial charge in [-0.3, -0.25) is 10.1 Å². The molecule has 1 heterocycles. The number of furan rings is 1. The Hall–Kier alpha value is -2.66. The number of hydrogen-bond acceptors (Lipinski definition) is 3. The van der Waals surface area contributed by atoms with Crippen LogP contribution in [-0.2, 0) is 0 Å².